The third-order valence-corrected chi connectivity index (χ3v) is 4.46. The molecule has 2 amide bonds. The summed E-state index contributed by atoms with van der Waals surface area (Å²) in [5.41, 5.74) is 2.51. The second-order valence-corrected chi connectivity index (χ2v) is 6.54. The standard InChI is InChI=1S/C21H24FN3O3/c1-3-23-21(26)25(13-15-5-4-6-17(22)11-15)14-19-12-20(24-28-19)16-7-9-18(27-2)10-8-16/h4-11,19H,3,12-14H2,1-2H3,(H,23,26)/t19-/m1/s1. The van der Waals surface area contributed by atoms with Crippen LogP contribution in [-0.4, -0.2) is 42.9 Å². The van der Waals surface area contributed by atoms with E-state index in [-0.39, 0.29) is 18.0 Å². The largest absolute Gasteiger partial charge is 0.497 e. The van der Waals surface area contributed by atoms with Crippen molar-refractivity contribution in [3.05, 3.63) is 65.5 Å². The first-order valence-electron chi connectivity index (χ1n) is 9.23. The van der Waals surface area contributed by atoms with Gasteiger partial charge in [-0.05, 0) is 54.4 Å². The van der Waals surface area contributed by atoms with Gasteiger partial charge in [-0.15, -0.1) is 0 Å². The number of oxime groups is 1. The summed E-state index contributed by atoms with van der Waals surface area (Å²) in [6, 6.07) is 13.6. The molecular formula is C21H24FN3O3. The average molecular weight is 385 g/mol. The minimum Gasteiger partial charge on any atom is -0.497 e. The number of urea groups is 1. The van der Waals surface area contributed by atoms with Crippen molar-refractivity contribution in [1.29, 1.82) is 0 Å². The van der Waals surface area contributed by atoms with E-state index in [1.54, 1.807) is 24.1 Å². The number of ether oxygens (including phenoxy) is 1. The summed E-state index contributed by atoms with van der Waals surface area (Å²) >= 11 is 0. The lowest BCUT2D eigenvalue weighted by atomic mass is 10.0. The van der Waals surface area contributed by atoms with Crippen LogP contribution in [-0.2, 0) is 11.4 Å². The lowest BCUT2D eigenvalue weighted by Gasteiger charge is -2.25. The first kappa shape index (κ1) is 19.7. The normalized spacial score (nSPS) is 15.5. The maximum atomic E-state index is 13.5. The molecule has 0 aliphatic carbocycles. The van der Waals surface area contributed by atoms with E-state index < -0.39 is 0 Å². The second kappa shape index (κ2) is 9.21. The lowest BCUT2D eigenvalue weighted by molar-refractivity contribution is 0.0590. The Hall–Kier alpha value is -3.09. The number of benzene rings is 2. The molecule has 1 N–H and O–H groups in total. The topological polar surface area (TPSA) is 63.2 Å². The van der Waals surface area contributed by atoms with Gasteiger partial charge in [-0.3, -0.25) is 0 Å². The summed E-state index contributed by atoms with van der Waals surface area (Å²) < 4.78 is 18.7. The van der Waals surface area contributed by atoms with Gasteiger partial charge >= 0.3 is 6.03 Å². The van der Waals surface area contributed by atoms with E-state index in [4.69, 9.17) is 9.57 Å². The van der Waals surface area contributed by atoms with Crippen molar-refractivity contribution in [2.45, 2.75) is 26.0 Å². The van der Waals surface area contributed by atoms with Crippen LogP contribution in [0, 0.1) is 5.82 Å². The fourth-order valence-corrected chi connectivity index (χ4v) is 3.06. The molecule has 0 unspecified atom stereocenters. The van der Waals surface area contributed by atoms with Gasteiger partial charge in [0.25, 0.3) is 0 Å². The monoisotopic (exact) mass is 385 g/mol. The van der Waals surface area contributed by atoms with E-state index in [1.807, 2.05) is 31.2 Å². The molecule has 7 heteroatoms. The highest BCUT2D eigenvalue weighted by molar-refractivity contribution is 6.01. The van der Waals surface area contributed by atoms with Gasteiger partial charge in [-0.2, -0.15) is 0 Å². The van der Waals surface area contributed by atoms with Crippen molar-refractivity contribution in [3.63, 3.8) is 0 Å². The predicted octanol–water partition coefficient (Wildman–Crippen LogP) is 3.56. The maximum absolute atomic E-state index is 13.5. The Kier molecular flexibility index (Phi) is 6.47. The molecule has 1 atom stereocenters. The van der Waals surface area contributed by atoms with E-state index in [1.165, 1.54) is 12.1 Å². The average Bonchev–Trinajstić information content (AvgIpc) is 3.16. The third kappa shape index (κ3) is 5.00. The summed E-state index contributed by atoms with van der Waals surface area (Å²) in [6.45, 7) is 3.01. The first-order valence-corrected chi connectivity index (χ1v) is 9.23. The highest BCUT2D eigenvalue weighted by Gasteiger charge is 2.27. The summed E-state index contributed by atoms with van der Waals surface area (Å²) in [7, 11) is 1.62. The number of hydrogen-bond donors (Lipinski definition) is 1. The highest BCUT2D eigenvalue weighted by atomic mass is 19.1. The Morgan fingerprint density at radius 2 is 2.11 bits per heavy atom. The van der Waals surface area contributed by atoms with Crippen LogP contribution in [0.5, 0.6) is 5.75 Å². The minimum atomic E-state index is -0.324. The Bertz CT molecular complexity index is 839. The van der Waals surface area contributed by atoms with E-state index in [0.29, 0.717) is 26.1 Å². The number of methoxy groups -OCH3 is 1. The molecule has 1 aliphatic rings. The molecule has 0 saturated carbocycles. The number of halogens is 1. The van der Waals surface area contributed by atoms with Crippen molar-refractivity contribution in [2.75, 3.05) is 20.2 Å². The molecule has 148 valence electrons. The van der Waals surface area contributed by atoms with Crippen molar-refractivity contribution >= 4 is 11.7 Å². The second-order valence-electron chi connectivity index (χ2n) is 6.54. The molecule has 0 aromatic heterocycles. The molecule has 2 aromatic rings. The van der Waals surface area contributed by atoms with E-state index in [0.717, 1.165) is 22.6 Å². The Morgan fingerprint density at radius 1 is 1.32 bits per heavy atom. The number of nitrogens with one attached hydrogen (secondary N) is 1. The van der Waals surface area contributed by atoms with E-state index in [2.05, 4.69) is 10.5 Å². The van der Waals surface area contributed by atoms with Crippen molar-refractivity contribution in [1.82, 2.24) is 10.2 Å². The van der Waals surface area contributed by atoms with Gasteiger partial charge < -0.3 is 19.8 Å². The van der Waals surface area contributed by atoms with E-state index in [9.17, 15) is 9.18 Å². The van der Waals surface area contributed by atoms with Crippen LogP contribution >= 0.6 is 0 Å². The quantitative estimate of drug-likeness (QED) is 0.793. The smallest absolute Gasteiger partial charge is 0.317 e. The summed E-state index contributed by atoms with van der Waals surface area (Å²) in [5.74, 6) is 0.452. The SMILES string of the molecule is CCNC(=O)N(Cc1cccc(F)c1)C[C@H]1CC(c2ccc(OC)cc2)=NO1. The minimum absolute atomic E-state index is 0.215. The lowest BCUT2D eigenvalue weighted by Crippen LogP contribution is -2.43. The fourth-order valence-electron chi connectivity index (χ4n) is 3.06. The molecule has 0 radical (unpaired) electrons. The van der Waals surface area contributed by atoms with Crippen LogP contribution in [0.15, 0.2) is 53.7 Å². The molecule has 1 aliphatic heterocycles. The van der Waals surface area contributed by atoms with Gasteiger partial charge in [0.15, 0.2) is 6.10 Å². The van der Waals surface area contributed by atoms with Gasteiger partial charge in [0.2, 0.25) is 0 Å². The molecule has 0 spiro atoms. The summed E-state index contributed by atoms with van der Waals surface area (Å²) in [5, 5.41) is 6.98. The van der Waals surface area contributed by atoms with Crippen molar-refractivity contribution < 1.29 is 18.8 Å². The Morgan fingerprint density at radius 3 is 2.79 bits per heavy atom. The number of nitrogens with zero attached hydrogens (tertiary/aromatic N) is 2. The third-order valence-electron chi connectivity index (χ3n) is 4.46. The molecule has 0 saturated heterocycles. The predicted molar refractivity (Wildman–Crippen MR) is 105 cm³/mol. The molecule has 0 bridgehead atoms. The Labute approximate surface area is 163 Å². The highest BCUT2D eigenvalue weighted by Crippen LogP contribution is 2.20. The van der Waals surface area contributed by atoms with Crippen LogP contribution in [0.3, 0.4) is 0 Å². The zero-order valence-electron chi connectivity index (χ0n) is 16.0. The number of carbonyl (C=O) groups is 1. The van der Waals surface area contributed by atoms with Crippen LogP contribution in [0.2, 0.25) is 0 Å². The van der Waals surface area contributed by atoms with Crippen LogP contribution in [0.25, 0.3) is 0 Å². The number of rotatable bonds is 7. The van der Waals surface area contributed by atoms with Gasteiger partial charge in [-0.1, -0.05) is 17.3 Å². The van der Waals surface area contributed by atoms with Gasteiger partial charge in [0, 0.05) is 19.5 Å². The fraction of sp³-hybridized carbons (Fsp3) is 0.333. The van der Waals surface area contributed by atoms with Gasteiger partial charge in [0.05, 0.1) is 19.4 Å². The Balaban J connectivity index is 1.65. The van der Waals surface area contributed by atoms with Crippen LogP contribution in [0.4, 0.5) is 9.18 Å². The van der Waals surface area contributed by atoms with Gasteiger partial charge in [0.1, 0.15) is 11.6 Å². The molecule has 1 heterocycles. The van der Waals surface area contributed by atoms with Gasteiger partial charge in [-0.25, -0.2) is 9.18 Å². The van der Waals surface area contributed by atoms with Crippen molar-refractivity contribution in [3.8, 4) is 5.75 Å². The number of amides is 2. The molecule has 0 fully saturated rings. The number of carbonyl (C=O) groups excluding carboxylic acids is 1. The number of hydrogen-bond acceptors (Lipinski definition) is 4. The maximum Gasteiger partial charge on any atom is 0.317 e. The summed E-state index contributed by atoms with van der Waals surface area (Å²) in [6.07, 6.45) is 0.332. The molecule has 3 rings (SSSR count). The molecule has 28 heavy (non-hydrogen) atoms. The summed E-state index contributed by atoms with van der Waals surface area (Å²) in [4.78, 5) is 19.6. The molecule has 2 aromatic carbocycles. The zero-order chi connectivity index (χ0) is 19.9. The first-order chi connectivity index (χ1) is 13.6. The zero-order valence-corrected chi connectivity index (χ0v) is 16.0. The van der Waals surface area contributed by atoms with Crippen LogP contribution < -0.4 is 10.1 Å². The molecule has 6 nitrogen and oxygen atoms in total. The van der Waals surface area contributed by atoms with Crippen LogP contribution in [0.1, 0.15) is 24.5 Å². The van der Waals surface area contributed by atoms with E-state index >= 15 is 0 Å². The van der Waals surface area contributed by atoms with Crippen molar-refractivity contribution in [2.24, 2.45) is 5.16 Å². The molecular weight excluding hydrogens is 361 g/mol.